The molecular weight excluding hydrogens is 232 g/mol. The highest BCUT2D eigenvalue weighted by molar-refractivity contribution is 5.91. The van der Waals surface area contributed by atoms with E-state index in [4.69, 9.17) is 9.84 Å². The smallest absolute Gasteiger partial charge is 0.339 e. The lowest BCUT2D eigenvalue weighted by Crippen LogP contribution is -2.02. The Morgan fingerprint density at radius 2 is 2.06 bits per heavy atom. The second-order valence-corrected chi connectivity index (χ2v) is 4.15. The molecule has 0 radical (unpaired) electrons. The first-order valence-electron chi connectivity index (χ1n) is 5.50. The van der Waals surface area contributed by atoms with Crippen molar-refractivity contribution in [3.05, 3.63) is 41.1 Å². The molecule has 0 aliphatic heterocycles. The van der Waals surface area contributed by atoms with Gasteiger partial charge < -0.3 is 9.84 Å². The van der Waals surface area contributed by atoms with Crippen molar-refractivity contribution in [1.82, 2.24) is 9.78 Å². The van der Waals surface area contributed by atoms with Crippen molar-refractivity contribution in [3.8, 4) is 11.6 Å². The molecule has 0 unspecified atom stereocenters. The summed E-state index contributed by atoms with van der Waals surface area (Å²) in [6, 6.07) is 6.80. The van der Waals surface area contributed by atoms with Crippen LogP contribution in [-0.4, -0.2) is 20.9 Å². The average molecular weight is 246 g/mol. The van der Waals surface area contributed by atoms with E-state index in [1.54, 1.807) is 29.9 Å². The highest BCUT2D eigenvalue weighted by atomic mass is 16.5. The number of hydrogen-bond donors (Lipinski definition) is 1. The van der Waals surface area contributed by atoms with E-state index in [0.29, 0.717) is 11.6 Å². The molecule has 0 saturated carbocycles. The Bertz CT molecular complexity index is 602. The van der Waals surface area contributed by atoms with E-state index < -0.39 is 5.97 Å². The first-order valence-corrected chi connectivity index (χ1v) is 5.50. The summed E-state index contributed by atoms with van der Waals surface area (Å²) in [5.74, 6) is -0.178. The molecule has 2 rings (SSSR count). The Morgan fingerprint density at radius 3 is 2.61 bits per heavy atom. The molecular formula is C13H14N2O3. The maximum absolute atomic E-state index is 11.2. The molecule has 0 fully saturated rings. The summed E-state index contributed by atoms with van der Waals surface area (Å²) >= 11 is 0. The van der Waals surface area contributed by atoms with Crippen LogP contribution in [0, 0.1) is 13.8 Å². The third-order valence-electron chi connectivity index (χ3n) is 2.54. The Labute approximate surface area is 105 Å². The molecule has 2 aromatic rings. The van der Waals surface area contributed by atoms with Crippen LogP contribution in [0.25, 0.3) is 0 Å². The largest absolute Gasteiger partial charge is 0.478 e. The quantitative estimate of drug-likeness (QED) is 0.903. The summed E-state index contributed by atoms with van der Waals surface area (Å²) in [5.41, 5.74) is 1.84. The maximum Gasteiger partial charge on any atom is 0.339 e. The molecule has 1 aromatic carbocycles. The number of hydrogen-bond acceptors (Lipinski definition) is 3. The summed E-state index contributed by atoms with van der Waals surface area (Å²) in [7, 11) is 1.75. The highest BCUT2D eigenvalue weighted by Crippen LogP contribution is 2.26. The number of aromatic nitrogens is 2. The molecule has 0 amide bonds. The third kappa shape index (κ3) is 2.34. The number of rotatable bonds is 3. The van der Waals surface area contributed by atoms with Gasteiger partial charge in [-0.15, -0.1) is 0 Å². The van der Waals surface area contributed by atoms with E-state index in [1.807, 2.05) is 19.9 Å². The Morgan fingerprint density at radius 1 is 1.33 bits per heavy atom. The van der Waals surface area contributed by atoms with Crippen molar-refractivity contribution in [3.63, 3.8) is 0 Å². The van der Waals surface area contributed by atoms with Gasteiger partial charge in [-0.2, -0.15) is 5.10 Å². The topological polar surface area (TPSA) is 64.4 Å². The lowest BCUT2D eigenvalue weighted by atomic mass is 10.1. The number of aromatic carboxylic acids is 1. The lowest BCUT2D eigenvalue weighted by molar-refractivity contribution is 0.0694. The predicted molar refractivity (Wildman–Crippen MR) is 66.2 cm³/mol. The fraction of sp³-hybridized carbons (Fsp3) is 0.231. The van der Waals surface area contributed by atoms with E-state index >= 15 is 0 Å². The van der Waals surface area contributed by atoms with Crippen LogP contribution in [0.3, 0.4) is 0 Å². The van der Waals surface area contributed by atoms with Crippen molar-refractivity contribution >= 4 is 5.97 Å². The number of carbonyl (C=O) groups is 1. The SMILES string of the molecule is Cc1ccc(Oc2cc(C)nn2C)c(C(=O)O)c1. The number of carboxylic acid groups (broad SMARTS) is 1. The summed E-state index contributed by atoms with van der Waals surface area (Å²) < 4.78 is 7.17. The Balaban J connectivity index is 2.40. The second-order valence-electron chi connectivity index (χ2n) is 4.15. The van der Waals surface area contributed by atoms with Crippen LogP contribution in [0.1, 0.15) is 21.6 Å². The number of benzene rings is 1. The van der Waals surface area contributed by atoms with E-state index in [1.165, 1.54) is 0 Å². The number of nitrogens with zero attached hydrogens (tertiary/aromatic N) is 2. The zero-order valence-corrected chi connectivity index (χ0v) is 10.5. The molecule has 0 aliphatic carbocycles. The van der Waals surface area contributed by atoms with E-state index in [2.05, 4.69) is 5.10 Å². The van der Waals surface area contributed by atoms with E-state index in [9.17, 15) is 4.79 Å². The van der Waals surface area contributed by atoms with Gasteiger partial charge in [0.05, 0.1) is 5.69 Å². The lowest BCUT2D eigenvalue weighted by Gasteiger charge is -2.09. The molecule has 1 heterocycles. The van der Waals surface area contributed by atoms with Gasteiger partial charge in [-0.1, -0.05) is 11.6 Å². The maximum atomic E-state index is 11.2. The number of ether oxygens (including phenoxy) is 1. The molecule has 0 aliphatic rings. The minimum atomic E-state index is -1.01. The van der Waals surface area contributed by atoms with Gasteiger partial charge in [0, 0.05) is 13.1 Å². The molecule has 0 bridgehead atoms. The monoisotopic (exact) mass is 246 g/mol. The Hall–Kier alpha value is -2.30. The summed E-state index contributed by atoms with van der Waals surface area (Å²) in [6.45, 7) is 3.69. The van der Waals surface area contributed by atoms with Crippen LogP contribution in [0.15, 0.2) is 24.3 Å². The third-order valence-corrected chi connectivity index (χ3v) is 2.54. The fourth-order valence-electron chi connectivity index (χ4n) is 1.69. The van der Waals surface area contributed by atoms with Crippen LogP contribution in [0.4, 0.5) is 0 Å². The minimum Gasteiger partial charge on any atom is -0.478 e. The van der Waals surface area contributed by atoms with Gasteiger partial charge in [0.1, 0.15) is 11.3 Å². The average Bonchev–Trinajstić information content (AvgIpc) is 2.60. The van der Waals surface area contributed by atoms with Crippen LogP contribution >= 0.6 is 0 Å². The van der Waals surface area contributed by atoms with Gasteiger partial charge in [-0.3, -0.25) is 0 Å². The van der Waals surface area contributed by atoms with Crippen molar-refractivity contribution in [2.45, 2.75) is 13.8 Å². The van der Waals surface area contributed by atoms with Crippen molar-refractivity contribution in [2.24, 2.45) is 7.05 Å². The predicted octanol–water partition coefficient (Wildman–Crippen LogP) is 2.53. The summed E-state index contributed by atoms with van der Waals surface area (Å²) in [4.78, 5) is 11.2. The van der Waals surface area contributed by atoms with Gasteiger partial charge in [0.25, 0.3) is 0 Å². The molecule has 0 saturated heterocycles. The normalized spacial score (nSPS) is 10.4. The van der Waals surface area contributed by atoms with Crippen molar-refractivity contribution in [2.75, 3.05) is 0 Å². The molecule has 18 heavy (non-hydrogen) atoms. The zero-order valence-electron chi connectivity index (χ0n) is 10.5. The fourth-order valence-corrected chi connectivity index (χ4v) is 1.69. The second kappa shape index (κ2) is 4.52. The molecule has 5 heteroatoms. The first-order chi connectivity index (χ1) is 8.47. The zero-order chi connectivity index (χ0) is 13.3. The number of carboxylic acids is 1. The van der Waals surface area contributed by atoms with E-state index in [-0.39, 0.29) is 5.56 Å². The van der Waals surface area contributed by atoms with Crippen molar-refractivity contribution < 1.29 is 14.6 Å². The minimum absolute atomic E-state index is 0.147. The molecule has 1 N–H and O–H groups in total. The van der Waals surface area contributed by atoms with Gasteiger partial charge in [-0.25, -0.2) is 9.48 Å². The molecule has 94 valence electrons. The molecule has 0 atom stereocenters. The van der Waals surface area contributed by atoms with Gasteiger partial charge in [0.15, 0.2) is 0 Å². The standard InChI is InChI=1S/C13H14N2O3/c1-8-4-5-11(10(6-8)13(16)17)18-12-7-9(2)14-15(12)3/h4-7H,1-3H3,(H,16,17). The number of aryl methyl sites for hydroxylation is 3. The van der Waals surface area contributed by atoms with Crippen LogP contribution in [0.2, 0.25) is 0 Å². The van der Waals surface area contributed by atoms with Crippen LogP contribution < -0.4 is 4.74 Å². The van der Waals surface area contributed by atoms with E-state index in [0.717, 1.165) is 11.3 Å². The van der Waals surface area contributed by atoms with Gasteiger partial charge in [-0.05, 0) is 26.0 Å². The van der Waals surface area contributed by atoms with Crippen LogP contribution in [0.5, 0.6) is 11.6 Å². The Kier molecular flexibility index (Phi) is 3.06. The summed E-state index contributed by atoms with van der Waals surface area (Å²) in [5, 5.41) is 13.3. The summed E-state index contributed by atoms with van der Waals surface area (Å²) in [6.07, 6.45) is 0. The molecule has 1 aromatic heterocycles. The first kappa shape index (κ1) is 12.2. The van der Waals surface area contributed by atoms with Crippen molar-refractivity contribution in [1.29, 1.82) is 0 Å². The molecule has 0 spiro atoms. The van der Waals surface area contributed by atoms with Crippen LogP contribution in [-0.2, 0) is 7.05 Å². The molecule has 5 nitrogen and oxygen atoms in total. The highest BCUT2D eigenvalue weighted by Gasteiger charge is 2.14. The van der Waals surface area contributed by atoms with Gasteiger partial charge >= 0.3 is 5.97 Å². The van der Waals surface area contributed by atoms with Gasteiger partial charge in [0.2, 0.25) is 5.88 Å².